The van der Waals surface area contributed by atoms with Gasteiger partial charge in [-0.3, -0.25) is 0 Å². The Hall–Kier alpha value is -0.260. The van der Waals surface area contributed by atoms with E-state index in [0.717, 1.165) is 0 Å². The molecule has 1 aliphatic rings. The summed E-state index contributed by atoms with van der Waals surface area (Å²) in [5.74, 6) is 0. The zero-order chi connectivity index (χ0) is 9.73. The van der Waals surface area contributed by atoms with E-state index in [0.29, 0.717) is 26.1 Å². The molecule has 1 aliphatic heterocycles. The number of halogens is 2. The standard InChI is InChI=1S/C8H15F2NO2/c9-7(10)5-11-6-8(12)1-3-13-4-2-8/h7,11-12H,1-6H2. The normalized spacial score (nSPS) is 22.2. The Labute approximate surface area is 76.1 Å². The largest absolute Gasteiger partial charge is 0.388 e. The highest BCUT2D eigenvalue weighted by Crippen LogP contribution is 2.19. The molecule has 0 saturated carbocycles. The molecule has 1 rings (SSSR count). The van der Waals surface area contributed by atoms with Crippen LogP contribution in [0.5, 0.6) is 0 Å². The summed E-state index contributed by atoms with van der Waals surface area (Å²) < 4.78 is 28.5. The third-order valence-electron chi connectivity index (χ3n) is 2.18. The predicted octanol–water partition coefficient (Wildman–Crippen LogP) is 0.383. The molecule has 0 atom stereocenters. The number of alkyl halides is 2. The number of aliphatic hydroxyl groups is 1. The van der Waals surface area contributed by atoms with Crippen molar-refractivity contribution in [3.8, 4) is 0 Å². The van der Waals surface area contributed by atoms with Gasteiger partial charge in [-0.2, -0.15) is 0 Å². The van der Waals surface area contributed by atoms with E-state index >= 15 is 0 Å². The molecule has 0 unspecified atom stereocenters. The molecule has 78 valence electrons. The van der Waals surface area contributed by atoms with Crippen molar-refractivity contribution in [1.29, 1.82) is 0 Å². The van der Waals surface area contributed by atoms with Crippen LogP contribution in [-0.4, -0.2) is 43.4 Å². The fourth-order valence-corrected chi connectivity index (χ4v) is 1.34. The van der Waals surface area contributed by atoms with Gasteiger partial charge in [-0.15, -0.1) is 0 Å². The first-order valence-electron chi connectivity index (χ1n) is 4.41. The number of ether oxygens (including phenoxy) is 1. The number of hydrogen-bond donors (Lipinski definition) is 2. The van der Waals surface area contributed by atoms with Gasteiger partial charge in [0.05, 0.1) is 12.1 Å². The fraction of sp³-hybridized carbons (Fsp3) is 1.00. The van der Waals surface area contributed by atoms with Crippen LogP contribution in [0.4, 0.5) is 8.78 Å². The lowest BCUT2D eigenvalue weighted by molar-refractivity contribution is -0.0626. The first kappa shape index (κ1) is 10.8. The van der Waals surface area contributed by atoms with Crippen LogP contribution in [0, 0.1) is 0 Å². The van der Waals surface area contributed by atoms with Crippen LogP contribution in [-0.2, 0) is 4.74 Å². The molecule has 0 aromatic carbocycles. The molecule has 1 heterocycles. The van der Waals surface area contributed by atoms with Crippen LogP contribution >= 0.6 is 0 Å². The predicted molar refractivity (Wildman–Crippen MR) is 43.9 cm³/mol. The molecule has 0 aliphatic carbocycles. The van der Waals surface area contributed by atoms with Crippen LogP contribution in [0.25, 0.3) is 0 Å². The van der Waals surface area contributed by atoms with E-state index in [1.54, 1.807) is 0 Å². The third kappa shape index (κ3) is 3.97. The maximum Gasteiger partial charge on any atom is 0.250 e. The van der Waals surface area contributed by atoms with Crippen molar-refractivity contribution in [2.24, 2.45) is 0 Å². The lowest BCUT2D eigenvalue weighted by Crippen LogP contribution is -2.45. The number of hydrogen-bond acceptors (Lipinski definition) is 3. The molecule has 0 aromatic rings. The zero-order valence-electron chi connectivity index (χ0n) is 7.43. The van der Waals surface area contributed by atoms with Gasteiger partial charge >= 0.3 is 0 Å². The second kappa shape index (κ2) is 4.83. The van der Waals surface area contributed by atoms with E-state index in [2.05, 4.69) is 5.32 Å². The van der Waals surface area contributed by atoms with Crippen molar-refractivity contribution in [3.05, 3.63) is 0 Å². The molecule has 3 nitrogen and oxygen atoms in total. The molecule has 0 bridgehead atoms. The van der Waals surface area contributed by atoms with Gasteiger partial charge < -0.3 is 15.2 Å². The van der Waals surface area contributed by atoms with Crippen molar-refractivity contribution in [2.45, 2.75) is 24.9 Å². The molecule has 13 heavy (non-hydrogen) atoms. The molecular weight excluding hydrogens is 180 g/mol. The van der Waals surface area contributed by atoms with Gasteiger partial charge in [0.25, 0.3) is 6.43 Å². The van der Waals surface area contributed by atoms with Gasteiger partial charge in [0.2, 0.25) is 0 Å². The summed E-state index contributed by atoms with van der Waals surface area (Å²) in [5, 5.41) is 12.3. The lowest BCUT2D eigenvalue weighted by atomic mass is 9.94. The van der Waals surface area contributed by atoms with Crippen molar-refractivity contribution < 1.29 is 18.6 Å². The number of nitrogens with one attached hydrogen (secondary N) is 1. The molecule has 0 aromatic heterocycles. The number of rotatable bonds is 4. The topological polar surface area (TPSA) is 41.5 Å². The van der Waals surface area contributed by atoms with Crippen LogP contribution in [0.2, 0.25) is 0 Å². The average Bonchev–Trinajstić information content (AvgIpc) is 2.04. The minimum absolute atomic E-state index is 0.223. The van der Waals surface area contributed by atoms with Crippen molar-refractivity contribution in [1.82, 2.24) is 5.32 Å². The minimum Gasteiger partial charge on any atom is -0.388 e. The molecule has 0 amide bonds. The Bertz CT molecular complexity index is 149. The van der Waals surface area contributed by atoms with Crippen molar-refractivity contribution >= 4 is 0 Å². The maximum absolute atomic E-state index is 11.7. The quantitative estimate of drug-likeness (QED) is 0.681. The van der Waals surface area contributed by atoms with Crippen LogP contribution in [0.3, 0.4) is 0 Å². The highest BCUT2D eigenvalue weighted by Gasteiger charge is 2.29. The van der Waals surface area contributed by atoms with E-state index in [1.807, 2.05) is 0 Å². The molecule has 2 N–H and O–H groups in total. The fourth-order valence-electron chi connectivity index (χ4n) is 1.34. The van der Waals surface area contributed by atoms with Gasteiger partial charge in [0.15, 0.2) is 0 Å². The lowest BCUT2D eigenvalue weighted by Gasteiger charge is -2.32. The Kier molecular flexibility index (Phi) is 4.02. The second-order valence-corrected chi connectivity index (χ2v) is 3.36. The Balaban J connectivity index is 2.17. The molecule has 1 saturated heterocycles. The first-order valence-corrected chi connectivity index (χ1v) is 4.41. The van der Waals surface area contributed by atoms with Gasteiger partial charge in [-0.25, -0.2) is 8.78 Å². The summed E-state index contributed by atoms with van der Waals surface area (Å²) in [6.45, 7) is 0.879. The second-order valence-electron chi connectivity index (χ2n) is 3.36. The molecule has 5 heteroatoms. The Morgan fingerprint density at radius 2 is 2.00 bits per heavy atom. The highest BCUT2D eigenvalue weighted by atomic mass is 19.3. The van der Waals surface area contributed by atoms with Crippen LogP contribution in [0.1, 0.15) is 12.8 Å². The monoisotopic (exact) mass is 195 g/mol. The Morgan fingerprint density at radius 1 is 1.38 bits per heavy atom. The summed E-state index contributed by atoms with van der Waals surface area (Å²) in [6.07, 6.45) is -1.32. The molecule has 0 spiro atoms. The van der Waals surface area contributed by atoms with Gasteiger partial charge in [-0.1, -0.05) is 0 Å². The third-order valence-corrected chi connectivity index (χ3v) is 2.18. The van der Waals surface area contributed by atoms with Crippen molar-refractivity contribution in [3.63, 3.8) is 0 Å². The summed E-state index contributed by atoms with van der Waals surface area (Å²) in [4.78, 5) is 0. The van der Waals surface area contributed by atoms with E-state index in [4.69, 9.17) is 4.74 Å². The highest BCUT2D eigenvalue weighted by molar-refractivity contribution is 4.83. The van der Waals surface area contributed by atoms with Gasteiger partial charge in [-0.05, 0) is 0 Å². The minimum atomic E-state index is -2.36. The summed E-state index contributed by atoms with van der Waals surface area (Å²) >= 11 is 0. The SMILES string of the molecule is OC1(CNCC(F)F)CCOCC1. The zero-order valence-corrected chi connectivity index (χ0v) is 7.43. The van der Waals surface area contributed by atoms with E-state index < -0.39 is 12.0 Å². The summed E-state index contributed by atoms with van der Waals surface area (Å²) in [7, 11) is 0. The van der Waals surface area contributed by atoms with E-state index in [9.17, 15) is 13.9 Å². The van der Waals surface area contributed by atoms with Gasteiger partial charge in [0, 0.05) is 32.6 Å². The maximum atomic E-state index is 11.7. The first-order chi connectivity index (χ1) is 6.12. The Morgan fingerprint density at radius 3 is 2.54 bits per heavy atom. The molecular formula is C8H15F2NO2. The smallest absolute Gasteiger partial charge is 0.250 e. The van der Waals surface area contributed by atoms with Crippen molar-refractivity contribution in [2.75, 3.05) is 26.3 Å². The average molecular weight is 195 g/mol. The summed E-state index contributed by atoms with van der Waals surface area (Å²) in [6, 6.07) is 0. The molecule has 0 radical (unpaired) electrons. The van der Waals surface area contributed by atoms with Gasteiger partial charge in [0.1, 0.15) is 0 Å². The molecule has 1 fully saturated rings. The van der Waals surface area contributed by atoms with Crippen LogP contribution < -0.4 is 5.32 Å². The van der Waals surface area contributed by atoms with E-state index in [1.165, 1.54) is 0 Å². The van der Waals surface area contributed by atoms with E-state index in [-0.39, 0.29) is 13.1 Å². The summed E-state index contributed by atoms with van der Waals surface area (Å²) in [5.41, 5.74) is -0.854. The van der Waals surface area contributed by atoms with Crippen LogP contribution in [0.15, 0.2) is 0 Å².